The highest BCUT2D eigenvalue weighted by Gasteiger charge is 2.18. The van der Waals surface area contributed by atoms with E-state index in [1.165, 1.54) is 0 Å². The molecule has 1 amide bonds. The summed E-state index contributed by atoms with van der Waals surface area (Å²) in [7, 11) is 0. The number of hydrogen-bond donors (Lipinski definition) is 1. The van der Waals surface area contributed by atoms with Gasteiger partial charge in [0.05, 0.1) is 10.9 Å². The number of para-hydroxylation sites is 1. The fourth-order valence-electron chi connectivity index (χ4n) is 3.30. The average molecular weight is 377 g/mol. The van der Waals surface area contributed by atoms with E-state index in [4.69, 9.17) is 0 Å². The molecule has 0 saturated heterocycles. The predicted octanol–water partition coefficient (Wildman–Crippen LogP) is 4.34. The van der Waals surface area contributed by atoms with E-state index in [2.05, 4.69) is 37.7 Å². The van der Waals surface area contributed by atoms with Crippen LogP contribution < -0.4 is 5.56 Å². The maximum Gasteiger partial charge on any atom is 0.259 e. The van der Waals surface area contributed by atoms with Crippen LogP contribution in [0, 0.1) is 11.8 Å². The van der Waals surface area contributed by atoms with Gasteiger partial charge in [0.25, 0.3) is 11.5 Å². The van der Waals surface area contributed by atoms with Crippen molar-refractivity contribution in [3.8, 4) is 11.4 Å². The van der Waals surface area contributed by atoms with Crippen molar-refractivity contribution in [3.05, 3.63) is 64.4 Å². The third kappa shape index (κ3) is 4.47. The van der Waals surface area contributed by atoms with Gasteiger partial charge in [-0.25, -0.2) is 4.98 Å². The summed E-state index contributed by atoms with van der Waals surface area (Å²) in [5.41, 5.74) is 1.91. The van der Waals surface area contributed by atoms with Crippen LogP contribution in [0.2, 0.25) is 0 Å². The Bertz CT molecular complexity index is 1010. The molecule has 5 heteroatoms. The summed E-state index contributed by atoms with van der Waals surface area (Å²) in [6, 6.07) is 14.5. The van der Waals surface area contributed by atoms with Crippen molar-refractivity contribution in [1.82, 2.24) is 14.9 Å². The summed E-state index contributed by atoms with van der Waals surface area (Å²) in [5.74, 6) is 1.36. The monoisotopic (exact) mass is 377 g/mol. The number of carbonyl (C=O) groups is 1. The van der Waals surface area contributed by atoms with Crippen LogP contribution in [0.3, 0.4) is 0 Å². The Morgan fingerprint density at radius 2 is 1.57 bits per heavy atom. The van der Waals surface area contributed by atoms with Crippen molar-refractivity contribution in [1.29, 1.82) is 0 Å². The van der Waals surface area contributed by atoms with Gasteiger partial charge in [0.15, 0.2) is 0 Å². The lowest BCUT2D eigenvalue weighted by molar-refractivity contribution is 0.0715. The molecule has 0 aliphatic carbocycles. The van der Waals surface area contributed by atoms with E-state index in [9.17, 15) is 9.59 Å². The Kier molecular flexibility index (Phi) is 5.93. The van der Waals surface area contributed by atoms with Crippen LogP contribution in [0.25, 0.3) is 22.3 Å². The number of benzene rings is 2. The Morgan fingerprint density at radius 1 is 0.964 bits per heavy atom. The van der Waals surface area contributed by atoms with Gasteiger partial charge in [-0.3, -0.25) is 9.59 Å². The van der Waals surface area contributed by atoms with Gasteiger partial charge < -0.3 is 9.88 Å². The number of rotatable bonds is 6. The van der Waals surface area contributed by atoms with Gasteiger partial charge in [-0.15, -0.1) is 0 Å². The standard InChI is InChI=1S/C23H27N3O2/c1-15(2)13-26(14-16(3)4)23(28)18-11-9-17(10-12-18)21-24-20-8-6-5-7-19(20)22(27)25-21/h5-12,15-16H,13-14H2,1-4H3,(H,24,25,27). The number of H-pyrrole nitrogens is 1. The molecule has 3 aromatic rings. The SMILES string of the molecule is CC(C)CN(CC(C)C)C(=O)c1ccc(-c2nc3ccccc3c(=O)[nH]2)cc1. The van der Waals surface area contributed by atoms with E-state index >= 15 is 0 Å². The summed E-state index contributed by atoms with van der Waals surface area (Å²) < 4.78 is 0. The van der Waals surface area contributed by atoms with Crippen molar-refractivity contribution in [2.45, 2.75) is 27.7 Å². The highest BCUT2D eigenvalue weighted by atomic mass is 16.2. The predicted molar refractivity (Wildman–Crippen MR) is 113 cm³/mol. The summed E-state index contributed by atoms with van der Waals surface area (Å²) in [4.78, 5) is 34.5. The number of aromatic amines is 1. The quantitative estimate of drug-likeness (QED) is 0.695. The van der Waals surface area contributed by atoms with Gasteiger partial charge in [0.1, 0.15) is 5.82 Å². The number of nitrogens with zero attached hydrogens (tertiary/aromatic N) is 2. The minimum Gasteiger partial charge on any atom is -0.338 e. The van der Waals surface area contributed by atoms with E-state index in [1.54, 1.807) is 18.2 Å². The molecule has 1 heterocycles. The molecule has 2 aromatic carbocycles. The molecule has 0 unspecified atom stereocenters. The number of carbonyl (C=O) groups excluding carboxylic acids is 1. The summed E-state index contributed by atoms with van der Waals surface area (Å²) in [5, 5.41) is 0.566. The van der Waals surface area contributed by atoms with Crippen molar-refractivity contribution in [3.63, 3.8) is 0 Å². The van der Waals surface area contributed by atoms with E-state index < -0.39 is 0 Å². The van der Waals surface area contributed by atoms with Crippen molar-refractivity contribution < 1.29 is 4.79 Å². The first-order valence-corrected chi connectivity index (χ1v) is 9.74. The maximum absolute atomic E-state index is 12.9. The number of amides is 1. The molecule has 0 saturated carbocycles. The summed E-state index contributed by atoms with van der Waals surface area (Å²) >= 11 is 0. The molecule has 0 aliphatic heterocycles. The van der Waals surface area contributed by atoms with E-state index in [-0.39, 0.29) is 11.5 Å². The lowest BCUT2D eigenvalue weighted by Crippen LogP contribution is -2.37. The van der Waals surface area contributed by atoms with E-state index in [1.807, 2.05) is 35.2 Å². The van der Waals surface area contributed by atoms with Gasteiger partial charge in [0, 0.05) is 24.2 Å². The minimum absolute atomic E-state index is 0.0360. The molecular formula is C23H27N3O2. The third-order valence-electron chi connectivity index (χ3n) is 4.48. The Hall–Kier alpha value is -2.95. The normalized spacial score (nSPS) is 11.4. The highest BCUT2D eigenvalue weighted by Crippen LogP contribution is 2.18. The number of fused-ring (bicyclic) bond motifs is 1. The topological polar surface area (TPSA) is 66.1 Å². The Morgan fingerprint density at radius 3 is 2.18 bits per heavy atom. The zero-order valence-corrected chi connectivity index (χ0v) is 16.9. The molecule has 28 heavy (non-hydrogen) atoms. The first-order valence-electron chi connectivity index (χ1n) is 9.74. The second-order valence-electron chi connectivity index (χ2n) is 8.01. The van der Waals surface area contributed by atoms with Gasteiger partial charge in [-0.05, 0) is 36.1 Å². The fourth-order valence-corrected chi connectivity index (χ4v) is 3.30. The molecule has 0 spiro atoms. The van der Waals surface area contributed by atoms with Crippen LogP contribution in [0.15, 0.2) is 53.3 Å². The molecule has 0 atom stereocenters. The van der Waals surface area contributed by atoms with Crippen LogP contribution in [0.4, 0.5) is 0 Å². The second-order valence-corrected chi connectivity index (χ2v) is 8.01. The molecule has 1 N–H and O–H groups in total. The van der Waals surface area contributed by atoms with Gasteiger partial charge in [0.2, 0.25) is 0 Å². The zero-order valence-electron chi connectivity index (χ0n) is 16.9. The van der Waals surface area contributed by atoms with Gasteiger partial charge >= 0.3 is 0 Å². The molecule has 0 bridgehead atoms. The molecular weight excluding hydrogens is 350 g/mol. The fraction of sp³-hybridized carbons (Fsp3) is 0.348. The molecule has 3 rings (SSSR count). The van der Waals surface area contributed by atoms with E-state index in [0.29, 0.717) is 34.1 Å². The van der Waals surface area contributed by atoms with Crippen LogP contribution >= 0.6 is 0 Å². The van der Waals surface area contributed by atoms with Crippen molar-refractivity contribution >= 4 is 16.8 Å². The van der Waals surface area contributed by atoms with Crippen LogP contribution in [-0.2, 0) is 0 Å². The minimum atomic E-state index is -0.166. The highest BCUT2D eigenvalue weighted by molar-refractivity contribution is 5.94. The van der Waals surface area contributed by atoms with Crippen molar-refractivity contribution in [2.75, 3.05) is 13.1 Å². The summed E-state index contributed by atoms with van der Waals surface area (Å²) in [6.45, 7) is 9.93. The van der Waals surface area contributed by atoms with Gasteiger partial charge in [-0.2, -0.15) is 0 Å². The summed E-state index contributed by atoms with van der Waals surface area (Å²) in [6.07, 6.45) is 0. The Balaban J connectivity index is 1.88. The second kappa shape index (κ2) is 8.38. The molecule has 0 fully saturated rings. The van der Waals surface area contributed by atoms with Crippen LogP contribution in [0.5, 0.6) is 0 Å². The Labute approximate surface area is 165 Å². The number of nitrogens with one attached hydrogen (secondary N) is 1. The molecule has 0 aliphatic rings. The van der Waals surface area contributed by atoms with Crippen LogP contribution in [-0.4, -0.2) is 33.9 Å². The lowest BCUT2D eigenvalue weighted by atomic mass is 10.1. The van der Waals surface area contributed by atoms with Crippen LogP contribution in [0.1, 0.15) is 38.1 Å². The third-order valence-corrected chi connectivity index (χ3v) is 4.48. The number of hydrogen-bond acceptors (Lipinski definition) is 3. The smallest absolute Gasteiger partial charge is 0.259 e. The van der Waals surface area contributed by atoms with Crippen molar-refractivity contribution in [2.24, 2.45) is 11.8 Å². The largest absolute Gasteiger partial charge is 0.338 e. The number of aromatic nitrogens is 2. The molecule has 0 radical (unpaired) electrons. The maximum atomic E-state index is 12.9. The first-order chi connectivity index (χ1) is 13.3. The lowest BCUT2D eigenvalue weighted by Gasteiger charge is -2.26. The molecule has 5 nitrogen and oxygen atoms in total. The molecule has 1 aromatic heterocycles. The van der Waals surface area contributed by atoms with Gasteiger partial charge in [-0.1, -0.05) is 52.0 Å². The first kappa shape index (κ1) is 19.8. The molecule has 146 valence electrons. The van der Waals surface area contributed by atoms with E-state index in [0.717, 1.165) is 18.7 Å². The zero-order chi connectivity index (χ0) is 20.3. The average Bonchev–Trinajstić information content (AvgIpc) is 2.66.